The van der Waals surface area contributed by atoms with Gasteiger partial charge < -0.3 is 10.2 Å². The summed E-state index contributed by atoms with van der Waals surface area (Å²) in [5.41, 5.74) is 4.33. The second kappa shape index (κ2) is 4.00. The van der Waals surface area contributed by atoms with Crippen LogP contribution in [-0.4, -0.2) is 20.1 Å². The van der Waals surface area contributed by atoms with Gasteiger partial charge in [-0.2, -0.15) is 0 Å². The van der Waals surface area contributed by atoms with Crippen molar-refractivity contribution in [3.8, 4) is 0 Å². The highest BCUT2D eigenvalue weighted by molar-refractivity contribution is 5.71. The first kappa shape index (κ1) is 11.3. The molecule has 0 aliphatic carbocycles. The number of aryl methyl sites for hydroxylation is 1. The summed E-state index contributed by atoms with van der Waals surface area (Å²) < 4.78 is 0. The van der Waals surface area contributed by atoms with Crippen LogP contribution in [0.3, 0.4) is 0 Å². The van der Waals surface area contributed by atoms with Gasteiger partial charge in [0.1, 0.15) is 0 Å². The first-order valence-electron chi connectivity index (χ1n) is 6.10. The smallest absolute Gasteiger partial charge is 0.0599 e. The number of nitrogens with zero attached hydrogens (tertiary/aromatic N) is 1. The van der Waals surface area contributed by atoms with Gasteiger partial charge in [-0.1, -0.05) is 26.8 Å². The lowest BCUT2D eigenvalue weighted by molar-refractivity contribution is 0.403. The van der Waals surface area contributed by atoms with Crippen LogP contribution in [0.4, 0.5) is 11.4 Å². The van der Waals surface area contributed by atoms with Crippen molar-refractivity contribution in [2.24, 2.45) is 5.41 Å². The Morgan fingerprint density at radius 1 is 1.38 bits per heavy atom. The summed E-state index contributed by atoms with van der Waals surface area (Å²) in [4.78, 5) is 2.36. The molecule has 0 atom stereocenters. The van der Waals surface area contributed by atoms with E-state index in [0.717, 1.165) is 19.5 Å². The summed E-state index contributed by atoms with van der Waals surface area (Å²) in [6, 6.07) is 6.76. The predicted octanol–water partition coefficient (Wildman–Crippen LogP) is 3.14. The minimum atomic E-state index is 0.320. The van der Waals surface area contributed by atoms with Crippen molar-refractivity contribution in [3.05, 3.63) is 23.8 Å². The van der Waals surface area contributed by atoms with E-state index >= 15 is 0 Å². The number of anilines is 2. The predicted molar refractivity (Wildman–Crippen MR) is 71.4 cm³/mol. The molecular formula is C14H22N2. The zero-order chi connectivity index (χ0) is 11.8. The van der Waals surface area contributed by atoms with Crippen LogP contribution in [-0.2, 0) is 6.42 Å². The van der Waals surface area contributed by atoms with E-state index in [4.69, 9.17) is 0 Å². The van der Waals surface area contributed by atoms with E-state index in [0.29, 0.717) is 5.41 Å². The lowest BCUT2D eigenvalue weighted by atomic mass is 9.93. The van der Waals surface area contributed by atoms with Gasteiger partial charge >= 0.3 is 0 Å². The average Bonchev–Trinajstić information content (AvgIpc) is 2.35. The standard InChI is InChI=1S/C14H22N2/c1-5-11-6-7-13-12(8-11)15-9-14(2,3)10-16(13)4/h6-8,15H,5,9-10H2,1-4H3. The van der Waals surface area contributed by atoms with Gasteiger partial charge in [0.05, 0.1) is 11.4 Å². The van der Waals surface area contributed by atoms with Crippen LogP contribution < -0.4 is 10.2 Å². The van der Waals surface area contributed by atoms with Crippen molar-refractivity contribution < 1.29 is 0 Å². The van der Waals surface area contributed by atoms with Crippen molar-refractivity contribution in [1.82, 2.24) is 0 Å². The molecule has 0 fully saturated rings. The molecule has 1 N–H and O–H groups in total. The Bertz CT molecular complexity index is 382. The maximum absolute atomic E-state index is 3.58. The molecule has 1 aliphatic heterocycles. The monoisotopic (exact) mass is 218 g/mol. The molecule has 2 rings (SSSR count). The molecular weight excluding hydrogens is 196 g/mol. The third-order valence-electron chi connectivity index (χ3n) is 3.30. The number of benzene rings is 1. The third-order valence-corrected chi connectivity index (χ3v) is 3.30. The van der Waals surface area contributed by atoms with Crippen LogP contribution in [0.15, 0.2) is 18.2 Å². The molecule has 1 aliphatic rings. The fourth-order valence-electron chi connectivity index (χ4n) is 2.40. The van der Waals surface area contributed by atoms with E-state index in [-0.39, 0.29) is 0 Å². The maximum atomic E-state index is 3.58. The molecule has 1 heterocycles. The van der Waals surface area contributed by atoms with Crippen molar-refractivity contribution in [3.63, 3.8) is 0 Å². The molecule has 88 valence electrons. The highest BCUT2D eigenvalue weighted by atomic mass is 15.1. The second-order valence-electron chi connectivity index (χ2n) is 5.58. The first-order chi connectivity index (χ1) is 7.52. The zero-order valence-corrected chi connectivity index (χ0v) is 10.8. The highest BCUT2D eigenvalue weighted by Gasteiger charge is 2.25. The Morgan fingerprint density at radius 3 is 2.81 bits per heavy atom. The van der Waals surface area contributed by atoms with E-state index in [9.17, 15) is 0 Å². The van der Waals surface area contributed by atoms with E-state index in [1.54, 1.807) is 0 Å². The molecule has 0 amide bonds. The van der Waals surface area contributed by atoms with Crippen molar-refractivity contribution in [2.45, 2.75) is 27.2 Å². The van der Waals surface area contributed by atoms with Crippen molar-refractivity contribution in [2.75, 3.05) is 30.4 Å². The maximum Gasteiger partial charge on any atom is 0.0599 e. The molecule has 0 unspecified atom stereocenters. The van der Waals surface area contributed by atoms with Gasteiger partial charge in [0.25, 0.3) is 0 Å². The van der Waals surface area contributed by atoms with Gasteiger partial charge in [0, 0.05) is 20.1 Å². The summed E-state index contributed by atoms with van der Waals surface area (Å²) in [5, 5.41) is 3.58. The number of fused-ring (bicyclic) bond motifs is 1. The SMILES string of the molecule is CCc1ccc2c(c1)NCC(C)(C)CN2C. The average molecular weight is 218 g/mol. The quantitative estimate of drug-likeness (QED) is 0.779. The second-order valence-corrected chi connectivity index (χ2v) is 5.58. The van der Waals surface area contributed by atoms with Crippen molar-refractivity contribution >= 4 is 11.4 Å². The largest absolute Gasteiger partial charge is 0.383 e. The van der Waals surface area contributed by atoms with Crippen LogP contribution in [0.25, 0.3) is 0 Å². The molecule has 0 radical (unpaired) electrons. The first-order valence-corrected chi connectivity index (χ1v) is 6.10. The Balaban J connectivity index is 2.36. The Morgan fingerprint density at radius 2 is 2.12 bits per heavy atom. The molecule has 2 nitrogen and oxygen atoms in total. The topological polar surface area (TPSA) is 15.3 Å². The molecule has 16 heavy (non-hydrogen) atoms. The fourth-order valence-corrected chi connectivity index (χ4v) is 2.40. The van der Waals surface area contributed by atoms with Gasteiger partial charge in [-0.3, -0.25) is 0 Å². The summed E-state index contributed by atoms with van der Waals surface area (Å²) in [5.74, 6) is 0. The van der Waals surface area contributed by atoms with E-state index in [1.807, 2.05) is 0 Å². The number of rotatable bonds is 1. The zero-order valence-electron chi connectivity index (χ0n) is 10.8. The van der Waals surface area contributed by atoms with Gasteiger partial charge in [-0.15, -0.1) is 0 Å². The van der Waals surface area contributed by atoms with Gasteiger partial charge in [0.15, 0.2) is 0 Å². The van der Waals surface area contributed by atoms with Crippen molar-refractivity contribution in [1.29, 1.82) is 0 Å². The fraction of sp³-hybridized carbons (Fsp3) is 0.571. The minimum Gasteiger partial charge on any atom is -0.383 e. The normalized spacial score (nSPS) is 18.6. The molecule has 0 bridgehead atoms. The highest BCUT2D eigenvalue weighted by Crippen LogP contribution is 2.33. The molecule has 0 spiro atoms. The summed E-state index contributed by atoms with van der Waals surface area (Å²) >= 11 is 0. The minimum absolute atomic E-state index is 0.320. The van der Waals surface area contributed by atoms with Crippen LogP contribution in [0, 0.1) is 5.41 Å². The van der Waals surface area contributed by atoms with Crippen LogP contribution in [0.1, 0.15) is 26.3 Å². The molecule has 2 heteroatoms. The lowest BCUT2D eigenvalue weighted by Crippen LogP contribution is -2.33. The molecule has 0 saturated carbocycles. The van der Waals surface area contributed by atoms with E-state index < -0.39 is 0 Å². The lowest BCUT2D eigenvalue weighted by Gasteiger charge is -2.27. The molecule has 1 aromatic rings. The molecule has 0 saturated heterocycles. The third kappa shape index (κ3) is 2.16. The molecule has 0 aromatic heterocycles. The van der Waals surface area contributed by atoms with Crippen LogP contribution in [0.5, 0.6) is 0 Å². The van der Waals surface area contributed by atoms with E-state index in [1.165, 1.54) is 16.9 Å². The van der Waals surface area contributed by atoms with Gasteiger partial charge in [0.2, 0.25) is 0 Å². The van der Waals surface area contributed by atoms with Gasteiger partial charge in [-0.25, -0.2) is 0 Å². The number of hydrogen-bond acceptors (Lipinski definition) is 2. The Kier molecular flexibility index (Phi) is 2.83. The van der Waals surface area contributed by atoms with Crippen LogP contribution in [0.2, 0.25) is 0 Å². The number of nitrogens with one attached hydrogen (secondary N) is 1. The summed E-state index contributed by atoms with van der Waals surface area (Å²) in [6.45, 7) is 8.95. The summed E-state index contributed by atoms with van der Waals surface area (Å²) in [6.07, 6.45) is 1.10. The van der Waals surface area contributed by atoms with Gasteiger partial charge in [-0.05, 0) is 29.5 Å². The van der Waals surface area contributed by atoms with E-state index in [2.05, 4.69) is 56.2 Å². The Hall–Kier alpha value is -1.18. The summed E-state index contributed by atoms with van der Waals surface area (Å²) in [7, 11) is 2.18. The Labute approximate surface area is 98.7 Å². The van der Waals surface area contributed by atoms with Crippen LogP contribution >= 0.6 is 0 Å². The molecule has 1 aromatic carbocycles. The number of hydrogen-bond donors (Lipinski definition) is 1.